The molecule has 2 heterocycles. The fourth-order valence-electron chi connectivity index (χ4n) is 8.68. The van der Waals surface area contributed by atoms with Gasteiger partial charge in [-0.2, -0.15) is 0 Å². The quantitative estimate of drug-likeness (QED) is 0.170. The Balaban J connectivity index is 1.36. The number of carbonyl (C=O) groups is 2. The first-order valence-electron chi connectivity index (χ1n) is 19.0. The molecule has 1 aliphatic carbocycles. The first kappa shape index (κ1) is 33.1. The van der Waals surface area contributed by atoms with Crippen molar-refractivity contribution < 1.29 is 18.4 Å². The van der Waals surface area contributed by atoms with Crippen LogP contribution in [0.5, 0.6) is 0 Å². The highest BCUT2D eigenvalue weighted by Crippen LogP contribution is 2.53. The second kappa shape index (κ2) is 12.0. The standard InChI is InChI=1S/C51H38O4/c1-28(2)33-21-13-24-36-43-42-38(26-37(49(43)54-47(33)36)30-17-10-7-11-18-30)45(52)46(53)39-27-40(51(3,4)5)41-35-23-14-22-34(48(35)55-50(41)44(39)42)32-20-12-19-31(25-32)29-15-8-6-9-16-29/h6-28H,1-5H3. The van der Waals surface area contributed by atoms with Gasteiger partial charge in [0.1, 0.15) is 22.3 Å². The van der Waals surface area contributed by atoms with Gasteiger partial charge in [0.15, 0.2) is 0 Å². The molecule has 0 N–H and O–H groups in total. The maximum absolute atomic E-state index is 14.5. The van der Waals surface area contributed by atoms with Crippen LogP contribution in [0.1, 0.15) is 72.4 Å². The molecule has 10 rings (SSSR count). The van der Waals surface area contributed by atoms with E-state index in [1.807, 2.05) is 48.5 Å². The molecule has 0 aliphatic heterocycles. The summed E-state index contributed by atoms with van der Waals surface area (Å²) in [5.74, 6) is -0.851. The molecule has 4 nitrogen and oxygen atoms in total. The lowest BCUT2D eigenvalue weighted by Gasteiger charge is -2.26. The highest BCUT2D eigenvalue weighted by molar-refractivity contribution is 6.55. The normalized spacial score (nSPS) is 13.1. The summed E-state index contributed by atoms with van der Waals surface area (Å²) in [7, 11) is 0. The minimum atomic E-state index is -0.528. The van der Waals surface area contributed by atoms with E-state index in [9.17, 15) is 9.59 Å². The van der Waals surface area contributed by atoms with E-state index in [0.29, 0.717) is 33.4 Å². The lowest BCUT2D eigenvalue weighted by atomic mass is 9.75. The van der Waals surface area contributed by atoms with Crippen LogP contribution in [0.4, 0.5) is 0 Å². The molecule has 0 fully saturated rings. The van der Waals surface area contributed by atoms with Crippen molar-refractivity contribution in [3.8, 4) is 44.5 Å². The Bertz CT molecular complexity index is 3060. The van der Waals surface area contributed by atoms with Crippen molar-refractivity contribution in [2.24, 2.45) is 0 Å². The molecule has 9 aromatic rings. The summed E-state index contributed by atoms with van der Waals surface area (Å²) in [4.78, 5) is 29.0. The molecule has 0 saturated heterocycles. The molecule has 4 heteroatoms. The van der Waals surface area contributed by atoms with Gasteiger partial charge in [-0.25, -0.2) is 0 Å². The lowest BCUT2D eigenvalue weighted by Crippen LogP contribution is -2.23. The fraction of sp³-hybridized carbons (Fsp3) is 0.137. The Kier molecular flexibility index (Phi) is 7.21. The number of rotatable bonds is 4. The van der Waals surface area contributed by atoms with Crippen LogP contribution >= 0.6 is 0 Å². The van der Waals surface area contributed by atoms with Gasteiger partial charge < -0.3 is 8.83 Å². The summed E-state index contributed by atoms with van der Waals surface area (Å²) in [5.41, 5.74) is 12.5. The second-order valence-corrected chi connectivity index (χ2v) is 16.1. The van der Waals surface area contributed by atoms with Gasteiger partial charge in [-0.15, -0.1) is 0 Å². The maximum atomic E-state index is 14.5. The number of fused-ring (bicyclic) bond motifs is 11. The molecule has 0 atom stereocenters. The van der Waals surface area contributed by atoms with Crippen LogP contribution in [0.25, 0.3) is 88.4 Å². The number of hydrogen-bond donors (Lipinski definition) is 0. The summed E-state index contributed by atoms with van der Waals surface area (Å²) >= 11 is 0. The van der Waals surface area contributed by atoms with Crippen molar-refractivity contribution in [2.75, 3.05) is 0 Å². The molecule has 0 saturated carbocycles. The van der Waals surface area contributed by atoms with Crippen LogP contribution in [0.3, 0.4) is 0 Å². The monoisotopic (exact) mass is 714 g/mol. The Labute approximate surface area is 319 Å². The molecule has 0 amide bonds. The Morgan fingerprint density at radius 2 is 1.04 bits per heavy atom. The summed E-state index contributed by atoms with van der Waals surface area (Å²) < 4.78 is 14.1. The zero-order chi connectivity index (χ0) is 37.7. The maximum Gasteiger partial charge on any atom is 0.234 e. The minimum absolute atomic E-state index is 0.200. The average molecular weight is 715 g/mol. The van der Waals surface area contributed by atoms with Crippen molar-refractivity contribution in [3.63, 3.8) is 0 Å². The second-order valence-electron chi connectivity index (χ2n) is 16.1. The van der Waals surface area contributed by atoms with Crippen LogP contribution in [0.2, 0.25) is 0 Å². The number of furan rings is 2. The molecule has 2 aromatic heterocycles. The van der Waals surface area contributed by atoms with E-state index in [-0.39, 0.29) is 11.3 Å². The third kappa shape index (κ3) is 4.91. The van der Waals surface area contributed by atoms with Crippen LogP contribution in [0.15, 0.2) is 142 Å². The predicted octanol–water partition coefficient (Wildman–Crippen LogP) is 14.0. The average Bonchev–Trinajstić information content (AvgIpc) is 3.79. The van der Waals surface area contributed by atoms with Gasteiger partial charge in [0.2, 0.25) is 11.6 Å². The van der Waals surface area contributed by atoms with E-state index in [1.165, 1.54) is 0 Å². The summed E-state index contributed by atoms with van der Waals surface area (Å²) in [5, 5.41) is 3.64. The third-order valence-electron chi connectivity index (χ3n) is 11.3. The Morgan fingerprint density at radius 1 is 0.455 bits per heavy atom. The number of ketones is 2. The van der Waals surface area contributed by atoms with Crippen LogP contribution < -0.4 is 0 Å². The van der Waals surface area contributed by atoms with Crippen molar-refractivity contribution in [1.82, 2.24) is 0 Å². The number of carbonyl (C=O) groups excluding carboxylic acids is 2. The largest absolute Gasteiger partial charge is 0.455 e. The molecule has 0 bridgehead atoms. The SMILES string of the molecule is CC(C)c1cccc2c1oc1c(-c3ccccc3)cc3c(c12)-c1c(cc(C(C)(C)C)c2c1oc1c(-c4cccc(-c5ccccc5)c4)cccc12)C(=O)C3=O. The van der Waals surface area contributed by atoms with E-state index in [1.54, 1.807) is 0 Å². The van der Waals surface area contributed by atoms with Crippen LogP contribution in [0, 0.1) is 0 Å². The molecule has 55 heavy (non-hydrogen) atoms. The van der Waals surface area contributed by atoms with Crippen molar-refractivity contribution >= 4 is 55.4 Å². The zero-order valence-corrected chi connectivity index (χ0v) is 31.4. The van der Waals surface area contributed by atoms with Gasteiger partial charge in [-0.3, -0.25) is 9.59 Å². The van der Waals surface area contributed by atoms with E-state index < -0.39 is 11.6 Å². The van der Waals surface area contributed by atoms with Gasteiger partial charge in [0.25, 0.3) is 0 Å². The zero-order valence-electron chi connectivity index (χ0n) is 31.4. The smallest absolute Gasteiger partial charge is 0.234 e. The van der Waals surface area contributed by atoms with Gasteiger partial charge in [0.05, 0.1) is 0 Å². The van der Waals surface area contributed by atoms with Gasteiger partial charge in [-0.05, 0) is 62.9 Å². The number of benzene rings is 7. The van der Waals surface area contributed by atoms with Crippen molar-refractivity contribution in [1.29, 1.82) is 0 Å². The van der Waals surface area contributed by atoms with Crippen LogP contribution in [-0.2, 0) is 5.41 Å². The number of Topliss-reactive ketones (excluding diaryl/α,β-unsaturated/α-hetero) is 2. The molecular formula is C51H38O4. The Morgan fingerprint density at radius 3 is 1.73 bits per heavy atom. The van der Waals surface area contributed by atoms with Gasteiger partial charge >= 0.3 is 0 Å². The van der Waals surface area contributed by atoms with E-state index in [2.05, 4.69) is 120 Å². The Hall–Kier alpha value is -6.52. The molecule has 266 valence electrons. The first-order chi connectivity index (χ1) is 26.6. The fourth-order valence-corrected chi connectivity index (χ4v) is 8.68. The van der Waals surface area contributed by atoms with Crippen LogP contribution in [-0.4, -0.2) is 11.6 Å². The minimum Gasteiger partial charge on any atom is -0.455 e. The number of hydrogen-bond acceptors (Lipinski definition) is 4. The van der Waals surface area contributed by atoms with Gasteiger partial charge in [0, 0.05) is 54.9 Å². The summed E-state index contributed by atoms with van der Waals surface area (Å²) in [6, 6.07) is 45.2. The predicted molar refractivity (Wildman–Crippen MR) is 224 cm³/mol. The van der Waals surface area contributed by atoms with Crippen molar-refractivity contribution in [2.45, 2.75) is 46.0 Å². The highest BCUT2D eigenvalue weighted by atomic mass is 16.3. The summed E-state index contributed by atoms with van der Waals surface area (Å²) in [6.45, 7) is 10.7. The van der Waals surface area contributed by atoms with E-state index in [0.717, 1.165) is 77.2 Å². The molecule has 0 unspecified atom stereocenters. The molecule has 7 aromatic carbocycles. The first-order valence-corrected chi connectivity index (χ1v) is 19.0. The van der Waals surface area contributed by atoms with E-state index >= 15 is 0 Å². The van der Waals surface area contributed by atoms with E-state index in [4.69, 9.17) is 8.83 Å². The van der Waals surface area contributed by atoms with Gasteiger partial charge in [-0.1, -0.05) is 150 Å². The summed E-state index contributed by atoms with van der Waals surface area (Å²) in [6.07, 6.45) is 0. The van der Waals surface area contributed by atoms with Crippen molar-refractivity contribution in [3.05, 3.63) is 156 Å². The number of para-hydroxylation sites is 2. The molecule has 1 aliphatic rings. The molecular weight excluding hydrogens is 677 g/mol. The lowest BCUT2D eigenvalue weighted by molar-refractivity contribution is 0.0815. The topological polar surface area (TPSA) is 60.4 Å². The highest BCUT2D eigenvalue weighted by Gasteiger charge is 2.39. The molecule has 0 radical (unpaired) electrons. The third-order valence-corrected chi connectivity index (χ3v) is 11.3. The molecule has 0 spiro atoms.